The standard InChI is InChI=1S/C28H35BN4O8/c1-18(2)12-20(29-39-25(36)16-28(41-29,27(38)40-29)15-24(35)33(3)4)14-23(34)21(13-19-8-6-5-7-9-19)32-26(37)22-17-30-10-11-31-22/h5-11,17-18,20-21,40H,12-16H2,1-4H3,(H,32,37)/t20-,21+,28+,29?/m1/s1. The molecule has 0 aliphatic carbocycles. The minimum absolute atomic E-state index is 0.0127. The Morgan fingerprint density at radius 1 is 1.15 bits per heavy atom. The first kappa shape index (κ1) is 29.8. The third kappa shape index (κ3) is 6.79. The summed E-state index contributed by atoms with van der Waals surface area (Å²) in [6, 6.07) is 8.23. The lowest BCUT2D eigenvalue weighted by Crippen LogP contribution is -2.57. The van der Waals surface area contributed by atoms with Gasteiger partial charge < -0.3 is 24.2 Å². The van der Waals surface area contributed by atoms with Crippen LogP contribution in [0.1, 0.15) is 55.6 Å². The van der Waals surface area contributed by atoms with Gasteiger partial charge >= 0.3 is 12.7 Å². The van der Waals surface area contributed by atoms with Crippen molar-refractivity contribution in [3.63, 3.8) is 0 Å². The second-order valence-electron chi connectivity index (χ2n) is 11.3. The van der Waals surface area contributed by atoms with Gasteiger partial charge in [-0.05, 0) is 30.1 Å². The molecule has 13 heteroatoms. The van der Waals surface area contributed by atoms with Crippen molar-refractivity contribution in [3.05, 3.63) is 60.2 Å². The second kappa shape index (κ2) is 12.2. The van der Waals surface area contributed by atoms with Crippen molar-refractivity contribution < 1.29 is 37.9 Å². The summed E-state index contributed by atoms with van der Waals surface area (Å²) in [7, 11) is 3.08. The maximum Gasteiger partial charge on any atom is 0.576 e. The number of hydrogen-bond donors (Lipinski definition) is 1. The quantitative estimate of drug-likeness (QED) is 0.296. The van der Waals surface area contributed by atoms with Crippen LogP contribution >= 0.6 is 0 Å². The molecule has 2 amide bonds. The molecule has 1 unspecified atom stereocenters. The van der Waals surface area contributed by atoms with E-state index in [-0.39, 0.29) is 36.7 Å². The molecule has 2 aliphatic heterocycles. The van der Waals surface area contributed by atoms with Crippen LogP contribution in [0.3, 0.4) is 0 Å². The molecule has 0 saturated carbocycles. The fraction of sp³-hybridized carbons (Fsp3) is 0.464. The number of ketones is 1. The van der Waals surface area contributed by atoms with E-state index in [1.54, 1.807) is 0 Å². The van der Waals surface area contributed by atoms with Gasteiger partial charge in [0.25, 0.3) is 11.9 Å². The first-order valence-corrected chi connectivity index (χ1v) is 13.6. The summed E-state index contributed by atoms with van der Waals surface area (Å²) in [5.41, 5.74) is -0.897. The minimum Gasteiger partial charge on any atom is -0.716 e. The summed E-state index contributed by atoms with van der Waals surface area (Å²) in [5, 5.41) is 2.77. The van der Waals surface area contributed by atoms with Gasteiger partial charge in [-0.3, -0.25) is 24.2 Å². The number of nitrogens with zero attached hydrogens (tertiary/aromatic N) is 3. The number of carbonyl (C=O) groups excluding carboxylic acids is 4. The number of benzene rings is 1. The Labute approximate surface area is 238 Å². The summed E-state index contributed by atoms with van der Waals surface area (Å²) in [6.45, 7) is 0.926. The molecule has 2 aromatic rings. The molecule has 1 aromatic heterocycles. The average Bonchev–Trinajstić information content (AvgIpc) is 3.13. The highest BCUT2D eigenvalue weighted by atomic mass is 16.8. The molecule has 41 heavy (non-hydrogen) atoms. The zero-order valence-corrected chi connectivity index (χ0v) is 23.6. The van der Waals surface area contributed by atoms with E-state index in [0.717, 1.165) is 5.56 Å². The summed E-state index contributed by atoms with van der Waals surface area (Å²) in [6.07, 6.45) is 3.64. The zero-order chi connectivity index (χ0) is 29.8. The van der Waals surface area contributed by atoms with Crippen molar-refractivity contribution in [3.8, 4) is 0 Å². The van der Waals surface area contributed by atoms with E-state index >= 15 is 0 Å². The van der Waals surface area contributed by atoms with Crippen LogP contribution in [-0.2, 0) is 34.9 Å². The molecule has 2 saturated heterocycles. The normalized spacial score (nSPS) is 22.9. The van der Waals surface area contributed by atoms with E-state index < -0.39 is 54.4 Å². The first-order chi connectivity index (χ1) is 19.4. The fourth-order valence-corrected chi connectivity index (χ4v) is 5.35. The second-order valence-corrected chi connectivity index (χ2v) is 11.3. The van der Waals surface area contributed by atoms with Crippen molar-refractivity contribution >= 4 is 36.3 Å². The molecule has 2 N–H and O–H groups in total. The predicted molar refractivity (Wildman–Crippen MR) is 147 cm³/mol. The van der Waals surface area contributed by atoms with Crippen LogP contribution in [0.5, 0.6) is 0 Å². The van der Waals surface area contributed by atoms with Crippen molar-refractivity contribution in [2.24, 2.45) is 5.92 Å². The van der Waals surface area contributed by atoms with E-state index in [9.17, 15) is 24.0 Å². The number of carboxylic acids is 1. The number of hydrogen-bond acceptors (Lipinski definition) is 9. The van der Waals surface area contributed by atoms with E-state index in [4.69, 9.17) is 9.31 Å². The Morgan fingerprint density at radius 2 is 1.88 bits per heavy atom. The van der Waals surface area contributed by atoms with Crippen LogP contribution in [0.2, 0.25) is 5.82 Å². The van der Waals surface area contributed by atoms with Gasteiger partial charge in [-0.25, -0.2) is 4.98 Å². The Hall–Kier alpha value is -4.13. The zero-order valence-electron chi connectivity index (χ0n) is 23.6. The lowest BCUT2D eigenvalue weighted by molar-refractivity contribution is -0.160. The number of amides is 2. The van der Waals surface area contributed by atoms with Gasteiger partial charge in [-0.1, -0.05) is 50.6 Å². The van der Waals surface area contributed by atoms with E-state index in [1.807, 2.05) is 44.2 Å². The number of Topliss-reactive ketones (excluding diaryl/α,β-unsaturated/α-hetero) is 1. The Morgan fingerprint density at radius 3 is 2.51 bits per heavy atom. The summed E-state index contributed by atoms with van der Waals surface area (Å²) in [4.78, 5) is 74.7. The van der Waals surface area contributed by atoms with Gasteiger partial charge in [0.05, 0.1) is 25.1 Å². The van der Waals surface area contributed by atoms with Crippen molar-refractivity contribution in [1.82, 2.24) is 20.2 Å². The maximum atomic E-state index is 13.9. The highest BCUT2D eigenvalue weighted by Crippen LogP contribution is 2.47. The molecule has 1 aromatic carbocycles. The maximum absolute atomic E-state index is 13.9. The molecule has 4 atom stereocenters. The predicted octanol–water partition coefficient (Wildman–Crippen LogP) is 1.38. The van der Waals surface area contributed by atoms with Gasteiger partial charge in [-0.15, -0.1) is 0 Å². The van der Waals surface area contributed by atoms with Crippen LogP contribution in [-0.4, -0.2) is 81.6 Å². The highest BCUT2D eigenvalue weighted by Gasteiger charge is 2.69. The van der Waals surface area contributed by atoms with Crippen LogP contribution in [0.4, 0.5) is 0 Å². The van der Waals surface area contributed by atoms with Crippen molar-refractivity contribution in [1.29, 1.82) is 0 Å². The number of aromatic nitrogens is 2. The summed E-state index contributed by atoms with van der Waals surface area (Å²) in [5.74, 6) is -3.56. The number of aliphatic carboxylic acids is 1. The van der Waals surface area contributed by atoms with Gasteiger partial charge in [-0.2, -0.15) is 0 Å². The molecule has 3 heterocycles. The molecule has 12 nitrogen and oxygen atoms in total. The highest BCUT2D eigenvalue weighted by molar-refractivity contribution is 6.67. The van der Waals surface area contributed by atoms with E-state index in [0.29, 0.717) is 6.42 Å². The smallest absolute Gasteiger partial charge is 0.576 e. The van der Waals surface area contributed by atoms with E-state index in [1.165, 1.54) is 37.6 Å². The third-order valence-electron chi connectivity index (χ3n) is 7.35. The molecule has 4 rings (SSSR count). The van der Waals surface area contributed by atoms with Crippen LogP contribution in [0.15, 0.2) is 48.9 Å². The lowest BCUT2D eigenvalue weighted by Gasteiger charge is -2.43. The molecule has 2 aliphatic rings. The van der Waals surface area contributed by atoms with Gasteiger partial charge in [0, 0.05) is 31.3 Å². The number of nitrogens with one attached hydrogen (secondary N) is 1. The topological polar surface area (TPSA) is 158 Å². The minimum atomic E-state index is -2.92. The fourth-order valence-electron chi connectivity index (χ4n) is 5.35. The molecule has 0 radical (unpaired) electrons. The average molecular weight is 566 g/mol. The molecule has 0 spiro atoms. The molecule has 218 valence electrons. The van der Waals surface area contributed by atoms with Gasteiger partial charge in [0.2, 0.25) is 11.5 Å². The number of rotatable bonds is 12. The molecule has 2 bridgehead atoms. The van der Waals surface area contributed by atoms with Crippen molar-refractivity contribution in [2.45, 2.75) is 63.4 Å². The monoisotopic (exact) mass is 566 g/mol. The molecular formula is C28H35BN4O8. The van der Waals surface area contributed by atoms with Crippen molar-refractivity contribution in [2.75, 3.05) is 14.1 Å². The third-order valence-corrected chi connectivity index (χ3v) is 7.35. The largest absolute Gasteiger partial charge is 0.716 e. The lowest BCUT2D eigenvalue weighted by atomic mass is 9.57. The Balaban J connectivity index is 1.62. The Kier molecular flexibility index (Phi) is 8.86. The SMILES string of the molecule is CC(C)C[C@H](CC(=O)[C@H](Cc1ccccc1)NC(=O)c1cnccn1)[B-]12OC(=O)C[C@](CC(=O)N(C)C)(O1)C(=O)[OH+]2. The summed E-state index contributed by atoms with van der Waals surface area (Å²) < 4.78 is 16.0. The summed E-state index contributed by atoms with van der Waals surface area (Å²) >= 11 is 0. The van der Waals surface area contributed by atoms with Crippen LogP contribution < -0.4 is 5.32 Å². The Bertz CT molecular complexity index is 1310. The molecular weight excluding hydrogens is 531 g/mol. The van der Waals surface area contributed by atoms with E-state index in [2.05, 4.69) is 19.9 Å². The van der Waals surface area contributed by atoms with Crippen LogP contribution in [0.25, 0.3) is 0 Å². The number of carbonyl (C=O) groups is 5. The number of fused-ring (bicyclic) bond motifs is 2. The van der Waals surface area contributed by atoms with Gasteiger partial charge in [0.15, 0.2) is 5.78 Å². The van der Waals surface area contributed by atoms with Crippen LogP contribution in [0, 0.1) is 5.92 Å². The van der Waals surface area contributed by atoms with Gasteiger partial charge in [0.1, 0.15) is 5.69 Å². The molecule has 2 fully saturated rings. The first-order valence-electron chi connectivity index (χ1n) is 13.6.